The molecule has 0 aliphatic rings. The molecule has 0 atom stereocenters. The van der Waals surface area contributed by atoms with E-state index < -0.39 is 0 Å². The Morgan fingerprint density at radius 2 is 1.60 bits per heavy atom. The molecule has 0 saturated carbocycles. The summed E-state index contributed by atoms with van der Waals surface area (Å²) < 4.78 is 14.1. The summed E-state index contributed by atoms with van der Waals surface area (Å²) in [5, 5.41) is 4.16. The molecule has 5 heteroatoms. The van der Waals surface area contributed by atoms with Crippen molar-refractivity contribution in [2.24, 2.45) is 0 Å². The van der Waals surface area contributed by atoms with Gasteiger partial charge in [-0.25, -0.2) is 14.4 Å². The molecule has 122 valence electrons. The van der Waals surface area contributed by atoms with Crippen LogP contribution in [0.15, 0.2) is 77.3 Å². The molecule has 0 fully saturated rings. The maximum Gasteiger partial charge on any atom is 0.162 e. The van der Waals surface area contributed by atoms with Crippen LogP contribution >= 0.6 is 15.9 Å². The third kappa shape index (κ3) is 3.37. The normalized spacial score (nSPS) is 10.8. The summed E-state index contributed by atoms with van der Waals surface area (Å²) in [5.74, 6) is 1.04. The largest absolute Gasteiger partial charge is 0.340 e. The highest BCUT2D eigenvalue weighted by atomic mass is 79.9. The number of hydrogen-bond acceptors (Lipinski definition) is 3. The van der Waals surface area contributed by atoms with Crippen LogP contribution in [0.2, 0.25) is 0 Å². The first-order valence-electron chi connectivity index (χ1n) is 7.74. The van der Waals surface area contributed by atoms with Crippen molar-refractivity contribution < 1.29 is 4.39 Å². The average Bonchev–Trinajstić information content (AvgIpc) is 2.64. The van der Waals surface area contributed by atoms with E-state index >= 15 is 0 Å². The van der Waals surface area contributed by atoms with Crippen molar-refractivity contribution in [1.82, 2.24) is 9.97 Å². The first-order valence-corrected chi connectivity index (χ1v) is 8.54. The molecule has 0 radical (unpaired) electrons. The number of hydrogen-bond donors (Lipinski definition) is 1. The molecule has 4 rings (SSSR count). The fraction of sp³-hybridized carbons (Fsp3) is 0. The van der Waals surface area contributed by atoms with E-state index in [1.165, 1.54) is 12.1 Å². The molecule has 1 heterocycles. The van der Waals surface area contributed by atoms with E-state index in [1.807, 2.05) is 48.5 Å². The Morgan fingerprint density at radius 3 is 2.36 bits per heavy atom. The molecule has 0 unspecified atom stereocenters. The predicted octanol–water partition coefficient (Wildman–Crippen LogP) is 5.94. The van der Waals surface area contributed by atoms with Gasteiger partial charge in [0.05, 0.1) is 5.52 Å². The van der Waals surface area contributed by atoms with Crippen LogP contribution < -0.4 is 5.32 Å². The Hall–Kier alpha value is -2.79. The van der Waals surface area contributed by atoms with Crippen molar-refractivity contribution in [2.45, 2.75) is 0 Å². The summed E-state index contributed by atoms with van der Waals surface area (Å²) in [6.45, 7) is 0. The Balaban J connectivity index is 1.87. The van der Waals surface area contributed by atoms with Crippen LogP contribution in [0.4, 0.5) is 15.9 Å². The number of halogens is 2. The van der Waals surface area contributed by atoms with Crippen molar-refractivity contribution in [2.75, 3.05) is 5.32 Å². The first-order chi connectivity index (χ1) is 12.2. The van der Waals surface area contributed by atoms with E-state index in [0.717, 1.165) is 26.6 Å². The van der Waals surface area contributed by atoms with E-state index in [0.29, 0.717) is 11.6 Å². The van der Waals surface area contributed by atoms with Crippen molar-refractivity contribution in [1.29, 1.82) is 0 Å². The zero-order valence-electron chi connectivity index (χ0n) is 13.1. The summed E-state index contributed by atoms with van der Waals surface area (Å²) in [6, 6.07) is 21.9. The molecular formula is C20H13BrFN3. The second kappa shape index (κ2) is 6.61. The van der Waals surface area contributed by atoms with Gasteiger partial charge in [0.25, 0.3) is 0 Å². The van der Waals surface area contributed by atoms with Crippen molar-refractivity contribution in [3.63, 3.8) is 0 Å². The van der Waals surface area contributed by atoms with Crippen LogP contribution in [0.25, 0.3) is 22.3 Å². The summed E-state index contributed by atoms with van der Waals surface area (Å²) in [7, 11) is 0. The van der Waals surface area contributed by atoms with Crippen LogP contribution in [-0.2, 0) is 0 Å². The molecule has 3 aromatic carbocycles. The lowest BCUT2D eigenvalue weighted by molar-refractivity contribution is 0.628. The number of nitrogens with zero attached hydrogens (tertiary/aromatic N) is 2. The topological polar surface area (TPSA) is 37.8 Å². The molecule has 0 amide bonds. The van der Waals surface area contributed by atoms with Crippen LogP contribution in [0.3, 0.4) is 0 Å². The maximum atomic E-state index is 13.2. The Kier molecular flexibility index (Phi) is 4.15. The first kappa shape index (κ1) is 15.7. The summed E-state index contributed by atoms with van der Waals surface area (Å²) in [5.41, 5.74) is 2.54. The van der Waals surface area contributed by atoms with Gasteiger partial charge in [-0.05, 0) is 42.5 Å². The maximum absolute atomic E-state index is 13.2. The second-order valence-electron chi connectivity index (χ2n) is 5.56. The zero-order valence-corrected chi connectivity index (χ0v) is 14.7. The number of rotatable bonds is 3. The lowest BCUT2D eigenvalue weighted by atomic mass is 10.2. The van der Waals surface area contributed by atoms with Crippen molar-refractivity contribution in [3.05, 3.63) is 83.1 Å². The molecule has 3 nitrogen and oxygen atoms in total. The third-order valence-electron chi connectivity index (χ3n) is 3.80. The number of fused-ring (bicyclic) bond motifs is 1. The minimum atomic E-state index is -0.272. The molecule has 0 aliphatic carbocycles. The molecule has 25 heavy (non-hydrogen) atoms. The van der Waals surface area contributed by atoms with Crippen LogP contribution in [0.1, 0.15) is 0 Å². The van der Waals surface area contributed by atoms with Gasteiger partial charge in [0.15, 0.2) is 5.82 Å². The summed E-state index contributed by atoms with van der Waals surface area (Å²) >= 11 is 3.49. The number of nitrogens with one attached hydrogen (secondary N) is 1. The zero-order chi connectivity index (χ0) is 17.2. The fourth-order valence-electron chi connectivity index (χ4n) is 2.58. The molecular weight excluding hydrogens is 381 g/mol. The smallest absolute Gasteiger partial charge is 0.162 e. The number of anilines is 2. The van der Waals surface area contributed by atoms with Gasteiger partial charge in [-0.15, -0.1) is 0 Å². The predicted molar refractivity (Wildman–Crippen MR) is 102 cm³/mol. The summed E-state index contributed by atoms with van der Waals surface area (Å²) in [4.78, 5) is 9.36. The lowest BCUT2D eigenvalue weighted by Gasteiger charge is -2.11. The monoisotopic (exact) mass is 393 g/mol. The molecule has 0 spiro atoms. The van der Waals surface area contributed by atoms with Crippen LogP contribution in [-0.4, -0.2) is 9.97 Å². The van der Waals surface area contributed by atoms with Gasteiger partial charge in [0, 0.05) is 21.1 Å². The average molecular weight is 394 g/mol. The minimum absolute atomic E-state index is 0.272. The van der Waals surface area contributed by atoms with Crippen LogP contribution in [0, 0.1) is 5.82 Å². The van der Waals surface area contributed by atoms with Crippen molar-refractivity contribution in [3.8, 4) is 11.4 Å². The minimum Gasteiger partial charge on any atom is -0.340 e. The lowest BCUT2D eigenvalue weighted by Crippen LogP contribution is -1.99. The van der Waals surface area contributed by atoms with E-state index in [1.54, 1.807) is 12.1 Å². The van der Waals surface area contributed by atoms with E-state index in [-0.39, 0.29) is 5.82 Å². The van der Waals surface area contributed by atoms with Gasteiger partial charge in [-0.3, -0.25) is 0 Å². The van der Waals surface area contributed by atoms with E-state index in [9.17, 15) is 4.39 Å². The van der Waals surface area contributed by atoms with Crippen LogP contribution in [0.5, 0.6) is 0 Å². The quantitative estimate of drug-likeness (QED) is 0.467. The highest BCUT2D eigenvalue weighted by molar-refractivity contribution is 9.10. The molecule has 0 bridgehead atoms. The molecule has 0 saturated heterocycles. The number of aromatic nitrogens is 2. The van der Waals surface area contributed by atoms with Gasteiger partial charge in [0.1, 0.15) is 11.6 Å². The standard InChI is InChI=1S/C20H13BrFN3/c21-14-6-11-18-17(12-14)20(23-16-9-7-15(22)8-10-16)25-19(24-18)13-4-2-1-3-5-13/h1-12H,(H,23,24,25). The molecule has 0 aliphatic heterocycles. The Morgan fingerprint density at radius 1 is 0.840 bits per heavy atom. The summed E-state index contributed by atoms with van der Waals surface area (Å²) in [6.07, 6.45) is 0. The van der Waals surface area contributed by atoms with Crippen molar-refractivity contribution >= 4 is 38.3 Å². The van der Waals surface area contributed by atoms with Gasteiger partial charge in [-0.1, -0.05) is 46.3 Å². The van der Waals surface area contributed by atoms with Gasteiger partial charge in [-0.2, -0.15) is 0 Å². The highest BCUT2D eigenvalue weighted by Crippen LogP contribution is 2.29. The van der Waals surface area contributed by atoms with Gasteiger partial charge < -0.3 is 5.32 Å². The van der Waals surface area contributed by atoms with E-state index in [4.69, 9.17) is 4.98 Å². The van der Waals surface area contributed by atoms with Gasteiger partial charge >= 0.3 is 0 Å². The number of benzene rings is 3. The van der Waals surface area contributed by atoms with Gasteiger partial charge in [0.2, 0.25) is 0 Å². The highest BCUT2D eigenvalue weighted by Gasteiger charge is 2.10. The second-order valence-corrected chi connectivity index (χ2v) is 6.47. The Bertz CT molecular complexity index is 1030. The fourth-order valence-corrected chi connectivity index (χ4v) is 2.94. The third-order valence-corrected chi connectivity index (χ3v) is 4.29. The Labute approximate surface area is 152 Å². The molecule has 4 aromatic rings. The van der Waals surface area contributed by atoms with E-state index in [2.05, 4.69) is 26.2 Å². The SMILES string of the molecule is Fc1ccc(Nc2nc(-c3ccccc3)nc3ccc(Br)cc23)cc1. The molecule has 1 aromatic heterocycles. The molecule has 1 N–H and O–H groups in total.